The number of fused-ring (bicyclic) bond motifs is 1. The Hall–Kier alpha value is -1.52. The van der Waals surface area contributed by atoms with Crippen LogP contribution in [-0.2, 0) is 4.79 Å². The van der Waals surface area contributed by atoms with Crippen LogP contribution in [-0.4, -0.2) is 28.9 Å². The molecule has 3 rings (SSSR count). The maximum Gasteiger partial charge on any atom is 0.236 e. The normalized spacial score (nSPS) is 18.9. The third-order valence-corrected chi connectivity index (χ3v) is 3.91. The van der Waals surface area contributed by atoms with Gasteiger partial charge in [0.25, 0.3) is 0 Å². The molecule has 2 aromatic rings. The number of likely N-dealkylation sites (tertiary alicyclic amines) is 1. The smallest absolute Gasteiger partial charge is 0.236 e. The van der Waals surface area contributed by atoms with Gasteiger partial charge in [0.2, 0.25) is 5.91 Å². The summed E-state index contributed by atoms with van der Waals surface area (Å²) in [6.45, 7) is 0.910. The molecule has 3 N–H and O–H groups in total. The van der Waals surface area contributed by atoms with Gasteiger partial charge in [-0.25, -0.2) is 0 Å². The Balaban J connectivity index is 0.00000147. The maximum absolute atomic E-state index is 12.0. The van der Waals surface area contributed by atoms with E-state index in [1.165, 1.54) is 5.39 Å². The van der Waals surface area contributed by atoms with E-state index in [1.54, 1.807) is 0 Å². The monoisotopic (exact) mass is 293 g/mol. The van der Waals surface area contributed by atoms with Crippen molar-refractivity contribution in [2.45, 2.75) is 25.3 Å². The fourth-order valence-corrected chi connectivity index (χ4v) is 2.95. The number of carbonyl (C=O) groups is 1. The van der Waals surface area contributed by atoms with E-state index in [0.29, 0.717) is 0 Å². The van der Waals surface area contributed by atoms with Crippen LogP contribution in [0.15, 0.2) is 30.3 Å². The van der Waals surface area contributed by atoms with Gasteiger partial charge >= 0.3 is 0 Å². The molecule has 0 saturated carbocycles. The first-order chi connectivity index (χ1) is 9.29. The van der Waals surface area contributed by atoms with Crippen molar-refractivity contribution in [2.75, 3.05) is 13.1 Å². The first-order valence-corrected chi connectivity index (χ1v) is 6.87. The molecule has 4 nitrogen and oxygen atoms in total. The summed E-state index contributed by atoms with van der Waals surface area (Å²) in [4.78, 5) is 17.3. The van der Waals surface area contributed by atoms with Crippen LogP contribution in [0.1, 0.15) is 31.0 Å². The zero-order valence-electron chi connectivity index (χ0n) is 11.3. The van der Waals surface area contributed by atoms with Gasteiger partial charge in [0.05, 0.1) is 12.6 Å². The highest BCUT2D eigenvalue weighted by Gasteiger charge is 2.28. The third-order valence-electron chi connectivity index (χ3n) is 3.91. The number of hydrogen-bond donors (Lipinski definition) is 2. The van der Waals surface area contributed by atoms with E-state index in [1.807, 2.05) is 17.0 Å². The summed E-state index contributed by atoms with van der Waals surface area (Å²) < 4.78 is 0. The van der Waals surface area contributed by atoms with Gasteiger partial charge in [0, 0.05) is 17.8 Å². The Labute approximate surface area is 124 Å². The highest BCUT2D eigenvalue weighted by Crippen LogP contribution is 2.32. The first-order valence-electron chi connectivity index (χ1n) is 6.87. The van der Waals surface area contributed by atoms with Crippen molar-refractivity contribution in [1.29, 1.82) is 0 Å². The second-order valence-corrected chi connectivity index (χ2v) is 5.11. The first kappa shape index (κ1) is 14.9. The molecule has 1 unspecified atom stereocenters. The Kier molecular flexibility index (Phi) is 4.68. The standard InChI is InChI=1S/C15H19N3O.ClH/c16-10-15(19)18-8-4-3-7-14(18)13-9-11-5-1-2-6-12(11)17-13;/h1-2,5-6,9,14,17H,3-4,7-8,10,16H2;1H. The van der Waals surface area contributed by atoms with Gasteiger partial charge in [-0.1, -0.05) is 18.2 Å². The number of amides is 1. The van der Waals surface area contributed by atoms with Gasteiger partial charge in [-0.05, 0) is 36.8 Å². The number of carbonyl (C=O) groups excluding carboxylic acids is 1. The topological polar surface area (TPSA) is 62.1 Å². The van der Waals surface area contributed by atoms with Crippen LogP contribution in [0.3, 0.4) is 0 Å². The highest BCUT2D eigenvalue weighted by molar-refractivity contribution is 5.85. The molecule has 108 valence electrons. The number of hydrogen-bond acceptors (Lipinski definition) is 2. The Morgan fingerprint density at radius 2 is 2.15 bits per heavy atom. The molecule has 1 fully saturated rings. The Morgan fingerprint density at radius 1 is 1.35 bits per heavy atom. The average Bonchev–Trinajstić information content (AvgIpc) is 2.90. The summed E-state index contributed by atoms with van der Waals surface area (Å²) in [5.74, 6) is 0.0448. The molecule has 1 aromatic heterocycles. The molecule has 5 heteroatoms. The number of rotatable bonds is 2. The van der Waals surface area contributed by atoms with Crippen LogP contribution < -0.4 is 5.73 Å². The summed E-state index contributed by atoms with van der Waals surface area (Å²) in [5, 5.41) is 1.20. The summed E-state index contributed by atoms with van der Waals surface area (Å²) >= 11 is 0. The lowest BCUT2D eigenvalue weighted by Crippen LogP contribution is -2.41. The molecule has 1 aliphatic rings. The van der Waals surface area contributed by atoms with Gasteiger partial charge < -0.3 is 15.6 Å². The number of nitrogens with one attached hydrogen (secondary N) is 1. The number of nitrogens with two attached hydrogens (primary N) is 1. The lowest BCUT2D eigenvalue weighted by molar-refractivity contribution is -0.133. The fraction of sp³-hybridized carbons (Fsp3) is 0.400. The minimum Gasteiger partial charge on any atom is -0.357 e. The Morgan fingerprint density at radius 3 is 2.90 bits per heavy atom. The van der Waals surface area contributed by atoms with E-state index < -0.39 is 0 Å². The summed E-state index contributed by atoms with van der Waals surface area (Å²) in [6, 6.07) is 10.5. The molecule has 0 spiro atoms. The van der Waals surface area contributed by atoms with Gasteiger partial charge in [-0.15, -0.1) is 12.4 Å². The van der Waals surface area contributed by atoms with Crippen LogP contribution in [0.25, 0.3) is 10.9 Å². The molecule has 0 radical (unpaired) electrons. The van der Waals surface area contributed by atoms with Crippen molar-refractivity contribution in [2.24, 2.45) is 5.73 Å². The number of nitrogens with zero attached hydrogens (tertiary/aromatic N) is 1. The number of piperidine rings is 1. The molecule has 0 bridgehead atoms. The lowest BCUT2D eigenvalue weighted by atomic mass is 9.99. The maximum atomic E-state index is 12.0. The average molecular weight is 294 g/mol. The van der Waals surface area contributed by atoms with Crippen molar-refractivity contribution in [1.82, 2.24) is 9.88 Å². The SMILES string of the molecule is Cl.NCC(=O)N1CCCCC1c1cc2ccccc2[nH]1. The summed E-state index contributed by atoms with van der Waals surface area (Å²) in [6.07, 6.45) is 3.25. The van der Waals surface area contributed by atoms with Crippen molar-refractivity contribution in [3.05, 3.63) is 36.0 Å². The van der Waals surface area contributed by atoms with Gasteiger partial charge in [-0.3, -0.25) is 4.79 Å². The predicted octanol–water partition coefficient (Wildman–Crippen LogP) is 2.60. The fourth-order valence-electron chi connectivity index (χ4n) is 2.95. The molecule has 1 aromatic carbocycles. The highest BCUT2D eigenvalue weighted by atomic mass is 35.5. The molecular weight excluding hydrogens is 274 g/mol. The van der Waals surface area contributed by atoms with E-state index >= 15 is 0 Å². The zero-order valence-corrected chi connectivity index (χ0v) is 12.2. The van der Waals surface area contributed by atoms with Gasteiger partial charge in [0.15, 0.2) is 0 Å². The van der Waals surface area contributed by atoms with E-state index in [9.17, 15) is 4.79 Å². The van der Waals surface area contributed by atoms with E-state index in [-0.39, 0.29) is 30.9 Å². The van der Waals surface area contributed by atoms with Crippen LogP contribution in [0.5, 0.6) is 0 Å². The molecule has 20 heavy (non-hydrogen) atoms. The van der Waals surface area contributed by atoms with Crippen molar-refractivity contribution >= 4 is 29.2 Å². The second kappa shape index (κ2) is 6.29. The van der Waals surface area contributed by atoms with E-state index in [4.69, 9.17) is 5.73 Å². The third kappa shape index (κ3) is 2.67. The van der Waals surface area contributed by atoms with Crippen molar-refractivity contribution in [3.8, 4) is 0 Å². The minimum atomic E-state index is 0. The predicted molar refractivity (Wildman–Crippen MR) is 82.9 cm³/mol. The van der Waals surface area contributed by atoms with Gasteiger partial charge in [-0.2, -0.15) is 0 Å². The number of aromatic nitrogens is 1. The van der Waals surface area contributed by atoms with Crippen LogP contribution in [0.4, 0.5) is 0 Å². The number of aromatic amines is 1. The van der Waals surface area contributed by atoms with E-state index in [2.05, 4.69) is 23.2 Å². The Bertz CT molecular complexity index is 563. The van der Waals surface area contributed by atoms with Crippen molar-refractivity contribution in [3.63, 3.8) is 0 Å². The van der Waals surface area contributed by atoms with Crippen LogP contribution in [0.2, 0.25) is 0 Å². The largest absolute Gasteiger partial charge is 0.357 e. The molecule has 0 aliphatic carbocycles. The van der Waals surface area contributed by atoms with E-state index in [0.717, 1.165) is 37.0 Å². The molecular formula is C15H20ClN3O. The summed E-state index contributed by atoms with van der Waals surface area (Å²) in [5.41, 5.74) is 7.77. The van der Waals surface area contributed by atoms with Crippen molar-refractivity contribution < 1.29 is 4.79 Å². The molecule has 1 aliphatic heterocycles. The number of para-hydroxylation sites is 1. The summed E-state index contributed by atoms with van der Waals surface area (Å²) in [7, 11) is 0. The quantitative estimate of drug-likeness (QED) is 0.894. The van der Waals surface area contributed by atoms with Gasteiger partial charge in [0.1, 0.15) is 0 Å². The molecule has 1 atom stereocenters. The van der Waals surface area contributed by atoms with Crippen LogP contribution >= 0.6 is 12.4 Å². The number of benzene rings is 1. The molecule has 2 heterocycles. The zero-order chi connectivity index (χ0) is 13.2. The molecule has 1 amide bonds. The lowest BCUT2D eigenvalue weighted by Gasteiger charge is -2.35. The second-order valence-electron chi connectivity index (χ2n) is 5.11. The van der Waals surface area contributed by atoms with Crippen LogP contribution in [0, 0.1) is 0 Å². The number of halogens is 1. The molecule has 1 saturated heterocycles. The number of H-pyrrole nitrogens is 1. The minimum absolute atomic E-state index is 0.